The summed E-state index contributed by atoms with van der Waals surface area (Å²) in [5, 5.41) is 0. The lowest BCUT2D eigenvalue weighted by molar-refractivity contribution is -0.137. The number of fused-ring (bicyclic) bond motifs is 5. The first-order valence-corrected chi connectivity index (χ1v) is 8.12. The van der Waals surface area contributed by atoms with Crippen molar-refractivity contribution >= 4 is 17.5 Å². The van der Waals surface area contributed by atoms with Gasteiger partial charge in [-0.3, -0.25) is 9.59 Å². The number of anilines is 1. The van der Waals surface area contributed by atoms with E-state index in [1.54, 1.807) is 0 Å². The highest BCUT2D eigenvalue weighted by Crippen LogP contribution is 2.57. The van der Waals surface area contributed by atoms with Crippen LogP contribution in [0.1, 0.15) is 19.4 Å². The van der Waals surface area contributed by atoms with Crippen molar-refractivity contribution in [2.24, 2.45) is 23.7 Å². The summed E-state index contributed by atoms with van der Waals surface area (Å²) in [6.07, 6.45) is -0.614. The van der Waals surface area contributed by atoms with Gasteiger partial charge in [-0.15, -0.1) is 0 Å². The third kappa shape index (κ3) is 2.12. The maximum Gasteiger partial charge on any atom is 0.416 e. The molecule has 2 fully saturated rings. The molecule has 3 nitrogen and oxygen atoms in total. The van der Waals surface area contributed by atoms with Gasteiger partial charge in [0.15, 0.2) is 0 Å². The molecule has 1 heterocycles. The number of benzene rings is 1. The quantitative estimate of drug-likeness (QED) is 0.570. The smallest absolute Gasteiger partial charge is 0.274 e. The van der Waals surface area contributed by atoms with E-state index < -0.39 is 35.4 Å². The number of nitrogens with zero attached hydrogens (tertiary/aromatic N) is 1. The Morgan fingerprint density at radius 1 is 1.00 bits per heavy atom. The molecule has 1 saturated carbocycles. The van der Waals surface area contributed by atoms with Crippen LogP contribution in [0.25, 0.3) is 0 Å². The van der Waals surface area contributed by atoms with Crippen LogP contribution in [-0.4, -0.2) is 11.8 Å². The fraction of sp³-hybridized carbons (Fsp3) is 0.368. The molecule has 1 aromatic rings. The predicted molar refractivity (Wildman–Crippen MR) is 85.4 cm³/mol. The van der Waals surface area contributed by atoms with Gasteiger partial charge in [0.1, 0.15) is 0 Å². The third-order valence-corrected chi connectivity index (χ3v) is 5.42. The van der Waals surface area contributed by atoms with Crippen LogP contribution in [0, 0.1) is 23.7 Å². The Hall–Kier alpha value is -2.37. The zero-order valence-electron chi connectivity index (χ0n) is 13.7. The van der Waals surface area contributed by atoms with Gasteiger partial charge in [-0.2, -0.15) is 13.2 Å². The van der Waals surface area contributed by atoms with Crippen molar-refractivity contribution in [3.8, 4) is 0 Å². The summed E-state index contributed by atoms with van der Waals surface area (Å²) in [5.41, 5.74) is 1.34. The van der Waals surface area contributed by atoms with E-state index in [0.29, 0.717) is 0 Å². The highest BCUT2D eigenvalue weighted by molar-refractivity contribution is 6.23. The van der Waals surface area contributed by atoms with E-state index in [4.69, 9.17) is 0 Å². The molecule has 3 aliphatic rings. The summed E-state index contributed by atoms with van der Waals surface area (Å²) in [5.74, 6) is -2.03. The molecule has 2 amide bonds. The molecule has 25 heavy (non-hydrogen) atoms. The predicted octanol–water partition coefficient (Wildman–Crippen LogP) is 3.96. The SMILES string of the molecule is CC(C)=C1C2C=CC1C1C(=O)N(c3cccc(C(F)(F)F)c3)C(=O)C21. The summed E-state index contributed by atoms with van der Waals surface area (Å²) < 4.78 is 38.8. The first-order chi connectivity index (χ1) is 11.7. The van der Waals surface area contributed by atoms with Crippen LogP contribution in [0.5, 0.6) is 0 Å². The number of halogens is 3. The Morgan fingerprint density at radius 2 is 1.56 bits per heavy atom. The number of allylic oxidation sites excluding steroid dienone is 4. The summed E-state index contributed by atoms with van der Waals surface area (Å²) in [4.78, 5) is 26.7. The molecule has 1 aliphatic heterocycles. The van der Waals surface area contributed by atoms with Crippen LogP contribution in [0.2, 0.25) is 0 Å². The molecule has 2 bridgehead atoms. The molecule has 0 N–H and O–H groups in total. The fourth-order valence-corrected chi connectivity index (χ4v) is 4.51. The van der Waals surface area contributed by atoms with Gasteiger partial charge in [-0.25, -0.2) is 4.90 Å². The molecular weight excluding hydrogens is 331 g/mol. The van der Waals surface area contributed by atoms with Crippen LogP contribution >= 0.6 is 0 Å². The van der Waals surface area contributed by atoms with Crippen molar-refractivity contribution in [1.29, 1.82) is 0 Å². The van der Waals surface area contributed by atoms with Crippen LogP contribution in [0.3, 0.4) is 0 Å². The number of hydrogen-bond acceptors (Lipinski definition) is 2. The van der Waals surface area contributed by atoms with E-state index in [1.165, 1.54) is 12.1 Å². The maximum atomic E-state index is 12.9. The Labute approximate surface area is 142 Å². The molecule has 6 heteroatoms. The Bertz CT molecular complexity index is 814. The number of alkyl halides is 3. The molecule has 0 aromatic heterocycles. The van der Waals surface area contributed by atoms with Gasteiger partial charge in [-0.1, -0.05) is 29.4 Å². The molecule has 1 saturated heterocycles. The number of carbonyl (C=O) groups excluding carboxylic acids is 2. The summed E-state index contributed by atoms with van der Waals surface area (Å²) in [7, 11) is 0. The van der Waals surface area contributed by atoms with E-state index in [9.17, 15) is 22.8 Å². The molecule has 130 valence electrons. The van der Waals surface area contributed by atoms with Gasteiger partial charge >= 0.3 is 6.18 Å². The number of imide groups is 1. The van der Waals surface area contributed by atoms with Gasteiger partial charge in [0.2, 0.25) is 11.8 Å². The van der Waals surface area contributed by atoms with Crippen molar-refractivity contribution in [2.45, 2.75) is 20.0 Å². The molecule has 2 aliphatic carbocycles. The minimum absolute atomic E-state index is 0.00243. The number of carbonyl (C=O) groups is 2. The number of amides is 2. The Kier molecular flexibility index (Phi) is 3.27. The van der Waals surface area contributed by atoms with Gasteiger partial charge in [0.25, 0.3) is 0 Å². The van der Waals surface area contributed by atoms with Crippen LogP contribution in [0.15, 0.2) is 47.6 Å². The molecule has 0 spiro atoms. The average Bonchev–Trinajstić information content (AvgIpc) is 3.17. The van der Waals surface area contributed by atoms with Crippen molar-refractivity contribution in [1.82, 2.24) is 0 Å². The monoisotopic (exact) mass is 347 g/mol. The topological polar surface area (TPSA) is 37.4 Å². The molecule has 1 aromatic carbocycles. The lowest BCUT2D eigenvalue weighted by Crippen LogP contribution is -2.33. The zero-order chi connectivity index (χ0) is 18.1. The summed E-state index contributed by atoms with van der Waals surface area (Å²) in [6.45, 7) is 3.92. The van der Waals surface area contributed by atoms with Gasteiger partial charge in [-0.05, 0) is 32.0 Å². The second kappa shape index (κ2) is 5.07. The first-order valence-electron chi connectivity index (χ1n) is 8.12. The number of hydrogen-bond donors (Lipinski definition) is 0. The van der Waals surface area contributed by atoms with E-state index in [0.717, 1.165) is 28.2 Å². The maximum absolute atomic E-state index is 12.9. The minimum Gasteiger partial charge on any atom is -0.274 e. The highest BCUT2D eigenvalue weighted by Gasteiger charge is 2.62. The first kappa shape index (κ1) is 16.1. The molecular formula is C19H16F3NO2. The molecule has 0 radical (unpaired) electrons. The van der Waals surface area contributed by atoms with Crippen molar-refractivity contribution in [3.05, 3.63) is 53.1 Å². The van der Waals surface area contributed by atoms with Gasteiger partial charge < -0.3 is 0 Å². The lowest BCUT2D eigenvalue weighted by Gasteiger charge is -2.20. The normalized spacial score (nSPS) is 30.4. The van der Waals surface area contributed by atoms with Crippen LogP contribution in [-0.2, 0) is 15.8 Å². The summed E-state index contributed by atoms with van der Waals surface area (Å²) in [6, 6.07) is 4.40. The molecule has 4 rings (SSSR count). The Balaban J connectivity index is 1.74. The van der Waals surface area contributed by atoms with Gasteiger partial charge in [0, 0.05) is 11.8 Å². The lowest BCUT2D eigenvalue weighted by atomic mass is 9.85. The summed E-state index contributed by atoms with van der Waals surface area (Å²) >= 11 is 0. The van der Waals surface area contributed by atoms with Crippen molar-refractivity contribution < 1.29 is 22.8 Å². The largest absolute Gasteiger partial charge is 0.416 e. The molecule has 4 unspecified atom stereocenters. The Morgan fingerprint density at radius 3 is 2.04 bits per heavy atom. The zero-order valence-corrected chi connectivity index (χ0v) is 13.7. The average molecular weight is 347 g/mol. The van der Waals surface area contributed by atoms with Crippen molar-refractivity contribution in [2.75, 3.05) is 4.90 Å². The van der Waals surface area contributed by atoms with E-state index in [1.807, 2.05) is 26.0 Å². The van der Waals surface area contributed by atoms with Crippen LogP contribution in [0.4, 0.5) is 18.9 Å². The van der Waals surface area contributed by atoms with E-state index >= 15 is 0 Å². The van der Waals surface area contributed by atoms with E-state index in [2.05, 4.69) is 0 Å². The van der Waals surface area contributed by atoms with Crippen molar-refractivity contribution in [3.63, 3.8) is 0 Å². The second-order valence-electron chi connectivity index (χ2n) is 7.00. The minimum atomic E-state index is -4.52. The highest BCUT2D eigenvalue weighted by atomic mass is 19.4. The van der Waals surface area contributed by atoms with Crippen LogP contribution < -0.4 is 4.90 Å². The van der Waals surface area contributed by atoms with E-state index in [-0.39, 0.29) is 17.5 Å². The fourth-order valence-electron chi connectivity index (χ4n) is 4.51. The second-order valence-corrected chi connectivity index (χ2v) is 7.00. The standard InChI is InChI=1S/C19H16F3NO2/c1-9(2)14-12-6-7-13(14)16-15(12)17(24)23(18(16)25)11-5-3-4-10(8-11)19(20,21)22/h3-8,12-13,15-16H,1-2H3. The third-order valence-electron chi connectivity index (χ3n) is 5.42. The van der Waals surface area contributed by atoms with Gasteiger partial charge in [0.05, 0.1) is 23.1 Å². The molecule has 4 atom stereocenters. The number of rotatable bonds is 1.